The SMILES string of the molecule is Cn1cc(Br)c(C(=O)c2ccccc2)cc1=O. The van der Waals surface area contributed by atoms with Crippen LogP contribution in [0.3, 0.4) is 0 Å². The van der Waals surface area contributed by atoms with E-state index < -0.39 is 0 Å². The molecule has 3 nitrogen and oxygen atoms in total. The van der Waals surface area contributed by atoms with Gasteiger partial charge in [0, 0.05) is 34.9 Å². The monoisotopic (exact) mass is 291 g/mol. The van der Waals surface area contributed by atoms with Crippen molar-refractivity contribution < 1.29 is 4.79 Å². The largest absolute Gasteiger partial charge is 0.317 e. The number of rotatable bonds is 2. The molecule has 0 aliphatic heterocycles. The Bertz CT molecular complexity index is 617. The molecule has 4 heteroatoms. The lowest BCUT2D eigenvalue weighted by atomic mass is 10.0. The first-order chi connectivity index (χ1) is 8.09. The van der Waals surface area contributed by atoms with Crippen LogP contribution < -0.4 is 5.56 Å². The summed E-state index contributed by atoms with van der Waals surface area (Å²) in [7, 11) is 1.64. The van der Waals surface area contributed by atoms with Crippen LogP contribution in [0.2, 0.25) is 0 Å². The molecule has 0 atom stereocenters. The van der Waals surface area contributed by atoms with Crippen LogP contribution in [-0.4, -0.2) is 10.4 Å². The van der Waals surface area contributed by atoms with Crippen molar-refractivity contribution in [1.29, 1.82) is 0 Å². The van der Waals surface area contributed by atoms with E-state index in [1.165, 1.54) is 10.6 Å². The third-order valence-electron chi connectivity index (χ3n) is 2.46. The minimum atomic E-state index is -0.201. The van der Waals surface area contributed by atoms with Gasteiger partial charge in [-0.3, -0.25) is 9.59 Å². The van der Waals surface area contributed by atoms with Gasteiger partial charge < -0.3 is 4.57 Å². The third-order valence-corrected chi connectivity index (χ3v) is 3.09. The number of carbonyl (C=O) groups excluding carboxylic acids is 1. The maximum Gasteiger partial charge on any atom is 0.251 e. The van der Waals surface area contributed by atoms with Gasteiger partial charge in [-0.2, -0.15) is 0 Å². The normalized spacial score (nSPS) is 10.2. The average Bonchev–Trinajstić information content (AvgIpc) is 2.34. The lowest BCUT2D eigenvalue weighted by Crippen LogP contribution is -2.18. The number of aryl methyl sites for hydroxylation is 1. The van der Waals surface area contributed by atoms with Crippen LogP contribution in [0.25, 0.3) is 0 Å². The van der Waals surface area contributed by atoms with Crippen molar-refractivity contribution in [2.45, 2.75) is 0 Å². The van der Waals surface area contributed by atoms with E-state index >= 15 is 0 Å². The van der Waals surface area contributed by atoms with Gasteiger partial charge in [0.15, 0.2) is 5.78 Å². The summed E-state index contributed by atoms with van der Waals surface area (Å²) < 4.78 is 2.04. The molecule has 0 spiro atoms. The first-order valence-electron chi connectivity index (χ1n) is 5.05. The van der Waals surface area contributed by atoms with Crippen molar-refractivity contribution in [2.24, 2.45) is 7.05 Å². The van der Waals surface area contributed by atoms with Gasteiger partial charge in [0.1, 0.15) is 0 Å². The maximum absolute atomic E-state index is 12.2. The predicted octanol–water partition coefficient (Wildman–Crippen LogP) is 2.38. The fourth-order valence-electron chi connectivity index (χ4n) is 1.52. The van der Waals surface area contributed by atoms with E-state index in [1.807, 2.05) is 6.07 Å². The molecule has 0 bridgehead atoms. The van der Waals surface area contributed by atoms with E-state index in [1.54, 1.807) is 37.5 Å². The maximum atomic E-state index is 12.2. The van der Waals surface area contributed by atoms with Crippen LogP contribution in [0.5, 0.6) is 0 Å². The number of aromatic nitrogens is 1. The Morgan fingerprint density at radius 3 is 2.53 bits per heavy atom. The van der Waals surface area contributed by atoms with Gasteiger partial charge in [0.2, 0.25) is 0 Å². The zero-order chi connectivity index (χ0) is 12.4. The van der Waals surface area contributed by atoms with Crippen LogP contribution in [0.4, 0.5) is 0 Å². The fraction of sp³-hybridized carbons (Fsp3) is 0.0769. The summed E-state index contributed by atoms with van der Waals surface area (Å²) in [5, 5.41) is 0. The Kier molecular flexibility index (Phi) is 3.24. The van der Waals surface area contributed by atoms with E-state index in [0.717, 1.165) is 0 Å². The molecule has 0 amide bonds. The second-order valence-electron chi connectivity index (χ2n) is 3.68. The molecule has 1 aromatic carbocycles. The number of halogens is 1. The number of pyridine rings is 1. The first-order valence-corrected chi connectivity index (χ1v) is 5.85. The Balaban J connectivity index is 2.52. The highest BCUT2D eigenvalue weighted by Crippen LogP contribution is 2.17. The number of carbonyl (C=O) groups is 1. The molecular weight excluding hydrogens is 282 g/mol. The van der Waals surface area contributed by atoms with Gasteiger partial charge >= 0.3 is 0 Å². The van der Waals surface area contributed by atoms with Gasteiger partial charge in [-0.1, -0.05) is 30.3 Å². The first kappa shape index (κ1) is 11.8. The van der Waals surface area contributed by atoms with Gasteiger partial charge in [0.25, 0.3) is 5.56 Å². The Labute approximate surface area is 107 Å². The summed E-state index contributed by atoms with van der Waals surface area (Å²) in [5.41, 5.74) is 0.758. The Morgan fingerprint density at radius 1 is 1.24 bits per heavy atom. The fourth-order valence-corrected chi connectivity index (χ4v) is 2.12. The number of nitrogens with zero attached hydrogens (tertiary/aromatic N) is 1. The molecule has 0 N–H and O–H groups in total. The second kappa shape index (κ2) is 4.67. The van der Waals surface area contributed by atoms with E-state index in [0.29, 0.717) is 15.6 Å². The van der Waals surface area contributed by atoms with Crippen LogP contribution in [0.15, 0.2) is 51.9 Å². The standard InChI is InChI=1S/C13H10BrNO2/c1-15-8-11(14)10(7-12(15)16)13(17)9-5-3-2-4-6-9/h2-8H,1H3. The number of benzene rings is 1. The van der Waals surface area contributed by atoms with Crippen LogP contribution in [0, 0.1) is 0 Å². The smallest absolute Gasteiger partial charge is 0.251 e. The summed E-state index contributed by atoms with van der Waals surface area (Å²) in [6, 6.07) is 10.2. The lowest BCUT2D eigenvalue weighted by molar-refractivity contribution is 0.103. The van der Waals surface area contributed by atoms with Crippen molar-refractivity contribution in [3.05, 3.63) is 68.5 Å². The van der Waals surface area contributed by atoms with Crippen LogP contribution in [0.1, 0.15) is 15.9 Å². The van der Waals surface area contributed by atoms with E-state index in [-0.39, 0.29) is 11.3 Å². The molecule has 2 rings (SSSR count). The average molecular weight is 292 g/mol. The molecule has 1 heterocycles. The zero-order valence-electron chi connectivity index (χ0n) is 9.18. The van der Waals surface area contributed by atoms with E-state index in [4.69, 9.17) is 0 Å². The summed E-state index contributed by atoms with van der Waals surface area (Å²) in [5.74, 6) is -0.157. The highest BCUT2D eigenvalue weighted by Gasteiger charge is 2.13. The summed E-state index contributed by atoms with van der Waals surface area (Å²) in [6.07, 6.45) is 1.60. The minimum Gasteiger partial charge on any atom is -0.317 e. The van der Waals surface area contributed by atoms with Gasteiger partial charge in [-0.05, 0) is 15.9 Å². The van der Waals surface area contributed by atoms with E-state index in [2.05, 4.69) is 15.9 Å². The van der Waals surface area contributed by atoms with E-state index in [9.17, 15) is 9.59 Å². The predicted molar refractivity (Wildman–Crippen MR) is 69.3 cm³/mol. The Morgan fingerprint density at radius 2 is 1.88 bits per heavy atom. The molecular formula is C13H10BrNO2. The summed E-state index contributed by atoms with van der Waals surface area (Å²) >= 11 is 3.30. The van der Waals surface area contributed by atoms with Crippen LogP contribution >= 0.6 is 15.9 Å². The minimum absolute atomic E-state index is 0.157. The number of hydrogen-bond acceptors (Lipinski definition) is 2. The molecule has 0 radical (unpaired) electrons. The molecule has 0 saturated heterocycles. The van der Waals surface area contributed by atoms with Crippen molar-refractivity contribution in [2.75, 3.05) is 0 Å². The molecule has 17 heavy (non-hydrogen) atoms. The molecule has 86 valence electrons. The quantitative estimate of drug-likeness (QED) is 0.797. The Hall–Kier alpha value is -1.68. The van der Waals surface area contributed by atoms with Gasteiger partial charge in [0.05, 0.1) is 0 Å². The highest BCUT2D eigenvalue weighted by atomic mass is 79.9. The van der Waals surface area contributed by atoms with Gasteiger partial charge in [-0.15, -0.1) is 0 Å². The van der Waals surface area contributed by atoms with Crippen molar-refractivity contribution >= 4 is 21.7 Å². The van der Waals surface area contributed by atoms with Crippen molar-refractivity contribution in [3.8, 4) is 0 Å². The van der Waals surface area contributed by atoms with Gasteiger partial charge in [-0.25, -0.2) is 0 Å². The molecule has 2 aromatic rings. The highest BCUT2D eigenvalue weighted by molar-refractivity contribution is 9.10. The third kappa shape index (κ3) is 2.36. The van der Waals surface area contributed by atoms with Crippen LogP contribution in [-0.2, 0) is 7.05 Å². The number of ketones is 1. The van der Waals surface area contributed by atoms with Crippen molar-refractivity contribution in [1.82, 2.24) is 4.57 Å². The topological polar surface area (TPSA) is 39.1 Å². The molecule has 0 saturated carbocycles. The zero-order valence-corrected chi connectivity index (χ0v) is 10.8. The molecule has 0 aliphatic rings. The second-order valence-corrected chi connectivity index (χ2v) is 4.53. The summed E-state index contributed by atoms with van der Waals surface area (Å²) in [4.78, 5) is 23.7. The molecule has 0 aliphatic carbocycles. The van der Waals surface area contributed by atoms with Crippen molar-refractivity contribution in [3.63, 3.8) is 0 Å². The molecule has 1 aromatic heterocycles. The summed E-state index contributed by atoms with van der Waals surface area (Å²) in [6.45, 7) is 0. The molecule has 0 fully saturated rings. The lowest BCUT2D eigenvalue weighted by Gasteiger charge is -2.05. The molecule has 0 unspecified atom stereocenters. The number of hydrogen-bond donors (Lipinski definition) is 0.